The highest BCUT2D eigenvalue weighted by molar-refractivity contribution is 7.22. The predicted molar refractivity (Wildman–Crippen MR) is 109 cm³/mol. The second kappa shape index (κ2) is 7.40. The number of nitrogens with zero attached hydrogens (tertiary/aromatic N) is 5. The summed E-state index contributed by atoms with van der Waals surface area (Å²) in [6, 6.07) is 17.9. The van der Waals surface area contributed by atoms with Gasteiger partial charge in [0.15, 0.2) is 10.9 Å². The number of halogens is 1. The second-order valence-corrected chi connectivity index (χ2v) is 7.27. The van der Waals surface area contributed by atoms with Gasteiger partial charge in [0.2, 0.25) is 5.95 Å². The highest BCUT2D eigenvalue weighted by Crippen LogP contribution is 2.33. The fraction of sp³-hybridized carbons (Fsp3) is 0.0476. The first kappa shape index (κ1) is 17.4. The van der Waals surface area contributed by atoms with Crippen LogP contribution in [0.3, 0.4) is 0 Å². The lowest BCUT2D eigenvalue weighted by Gasteiger charge is -2.17. The van der Waals surface area contributed by atoms with E-state index in [-0.39, 0.29) is 5.82 Å². The minimum absolute atomic E-state index is 0.311. The van der Waals surface area contributed by atoms with Crippen molar-refractivity contribution in [3.05, 3.63) is 84.6 Å². The first-order valence-corrected chi connectivity index (χ1v) is 9.70. The van der Waals surface area contributed by atoms with Crippen molar-refractivity contribution in [2.75, 3.05) is 4.90 Å². The molecule has 5 aromatic rings. The zero-order valence-electron chi connectivity index (χ0n) is 15.1. The van der Waals surface area contributed by atoms with Crippen LogP contribution in [0, 0.1) is 5.82 Å². The summed E-state index contributed by atoms with van der Waals surface area (Å²) in [6.45, 7) is 0.311. The molecule has 0 amide bonds. The van der Waals surface area contributed by atoms with Crippen LogP contribution in [-0.4, -0.2) is 20.1 Å². The lowest BCUT2D eigenvalue weighted by Crippen LogP contribution is -2.18. The van der Waals surface area contributed by atoms with E-state index in [1.807, 2.05) is 29.2 Å². The van der Waals surface area contributed by atoms with Crippen LogP contribution in [0.2, 0.25) is 0 Å². The molecule has 5 rings (SSSR count). The van der Waals surface area contributed by atoms with Crippen LogP contribution in [-0.2, 0) is 6.54 Å². The fourth-order valence-corrected chi connectivity index (χ4v) is 3.93. The molecule has 29 heavy (non-hydrogen) atoms. The molecule has 0 saturated heterocycles. The number of anilines is 2. The van der Waals surface area contributed by atoms with Gasteiger partial charge in [-0.15, -0.1) is 0 Å². The van der Waals surface area contributed by atoms with Gasteiger partial charge in [-0.1, -0.05) is 40.8 Å². The van der Waals surface area contributed by atoms with Crippen LogP contribution in [0.1, 0.15) is 5.76 Å². The lowest BCUT2D eigenvalue weighted by molar-refractivity contribution is 0.385. The monoisotopic (exact) mass is 403 g/mol. The highest BCUT2D eigenvalue weighted by atomic mass is 32.1. The van der Waals surface area contributed by atoms with Crippen molar-refractivity contribution in [2.24, 2.45) is 0 Å². The van der Waals surface area contributed by atoms with E-state index in [1.54, 1.807) is 42.7 Å². The summed E-state index contributed by atoms with van der Waals surface area (Å²) in [5.74, 6) is 0.701. The maximum absolute atomic E-state index is 14.1. The lowest BCUT2D eigenvalue weighted by atomic mass is 10.1. The van der Waals surface area contributed by atoms with Gasteiger partial charge in [0.1, 0.15) is 11.5 Å². The van der Waals surface area contributed by atoms with Crippen molar-refractivity contribution in [2.45, 2.75) is 6.54 Å². The third kappa shape index (κ3) is 3.45. The van der Waals surface area contributed by atoms with Gasteiger partial charge in [-0.25, -0.2) is 19.3 Å². The molecular formula is C21H14FN5OS. The Bertz CT molecular complexity index is 1240. The number of benzene rings is 2. The Kier molecular flexibility index (Phi) is 4.45. The fourth-order valence-electron chi connectivity index (χ4n) is 2.97. The average molecular weight is 403 g/mol. The Labute approximate surface area is 169 Å². The Morgan fingerprint density at radius 3 is 2.59 bits per heavy atom. The molecule has 3 heterocycles. The van der Waals surface area contributed by atoms with Crippen LogP contribution in [0.25, 0.3) is 21.5 Å². The third-order valence-corrected chi connectivity index (χ3v) is 5.39. The maximum atomic E-state index is 14.1. The Hall–Kier alpha value is -3.65. The van der Waals surface area contributed by atoms with E-state index in [1.165, 1.54) is 17.4 Å². The van der Waals surface area contributed by atoms with Crippen molar-refractivity contribution in [3.8, 4) is 11.3 Å². The van der Waals surface area contributed by atoms with E-state index in [2.05, 4.69) is 15.1 Å². The summed E-state index contributed by atoms with van der Waals surface area (Å²) < 4.78 is 20.6. The van der Waals surface area contributed by atoms with Crippen LogP contribution in [0.15, 0.2) is 77.6 Å². The van der Waals surface area contributed by atoms with Gasteiger partial charge in [-0.2, -0.15) is 0 Å². The summed E-state index contributed by atoms with van der Waals surface area (Å²) in [6.07, 6.45) is 3.35. The number of hydrogen-bond acceptors (Lipinski definition) is 7. The number of aromatic nitrogens is 4. The molecule has 0 saturated carbocycles. The number of fused-ring (bicyclic) bond motifs is 1. The molecule has 0 aliphatic rings. The van der Waals surface area contributed by atoms with E-state index >= 15 is 0 Å². The summed E-state index contributed by atoms with van der Waals surface area (Å²) in [5, 5.41) is 4.77. The molecule has 0 aliphatic heterocycles. The summed E-state index contributed by atoms with van der Waals surface area (Å²) in [7, 11) is 0. The summed E-state index contributed by atoms with van der Waals surface area (Å²) in [4.78, 5) is 15.3. The van der Waals surface area contributed by atoms with E-state index in [0.717, 1.165) is 15.3 Å². The standard InChI is InChI=1S/C21H14FN5OS/c22-16-7-2-1-6-15(16)18-12-14(28-26-18)13-27(20-23-10-5-11-24-20)21-25-17-8-3-4-9-19(17)29-21/h1-12H,13H2. The molecular weight excluding hydrogens is 389 g/mol. The average Bonchev–Trinajstić information content (AvgIpc) is 3.40. The molecule has 0 atom stereocenters. The van der Waals surface area contributed by atoms with Crippen molar-refractivity contribution in [1.82, 2.24) is 20.1 Å². The van der Waals surface area contributed by atoms with E-state index in [0.29, 0.717) is 29.5 Å². The highest BCUT2D eigenvalue weighted by Gasteiger charge is 2.20. The van der Waals surface area contributed by atoms with E-state index < -0.39 is 0 Å². The van der Waals surface area contributed by atoms with Gasteiger partial charge < -0.3 is 4.52 Å². The molecule has 8 heteroatoms. The smallest absolute Gasteiger partial charge is 0.232 e. The topological polar surface area (TPSA) is 67.9 Å². The summed E-state index contributed by atoms with van der Waals surface area (Å²) in [5.41, 5.74) is 1.74. The number of thiazole rings is 1. The van der Waals surface area contributed by atoms with Crippen molar-refractivity contribution >= 4 is 32.6 Å². The SMILES string of the molecule is Fc1ccccc1-c1cc(CN(c2ncccn2)c2nc3ccccc3s2)on1. The zero-order chi connectivity index (χ0) is 19.6. The van der Waals surface area contributed by atoms with Gasteiger partial charge >= 0.3 is 0 Å². The summed E-state index contributed by atoms with van der Waals surface area (Å²) >= 11 is 1.54. The Balaban J connectivity index is 1.52. The van der Waals surface area contributed by atoms with Gasteiger partial charge in [0.25, 0.3) is 0 Å². The molecule has 0 unspecified atom stereocenters. The number of rotatable bonds is 5. The van der Waals surface area contributed by atoms with Crippen molar-refractivity contribution in [1.29, 1.82) is 0 Å². The zero-order valence-corrected chi connectivity index (χ0v) is 15.9. The second-order valence-electron chi connectivity index (χ2n) is 6.26. The van der Waals surface area contributed by atoms with Crippen LogP contribution >= 0.6 is 11.3 Å². The largest absolute Gasteiger partial charge is 0.359 e. The molecule has 3 aromatic heterocycles. The normalized spacial score (nSPS) is 11.1. The predicted octanol–water partition coefficient (Wildman–Crippen LogP) is 5.22. The molecule has 0 N–H and O–H groups in total. The Morgan fingerprint density at radius 2 is 1.76 bits per heavy atom. The number of para-hydroxylation sites is 1. The van der Waals surface area contributed by atoms with Crippen molar-refractivity contribution < 1.29 is 8.91 Å². The van der Waals surface area contributed by atoms with Crippen LogP contribution < -0.4 is 4.90 Å². The van der Waals surface area contributed by atoms with E-state index in [4.69, 9.17) is 9.51 Å². The molecule has 0 fully saturated rings. The van der Waals surface area contributed by atoms with Gasteiger partial charge in [0.05, 0.1) is 16.8 Å². The van der Waals surface area contributed by atoms with Crippen LogP contribution in [0.4, 0.5) is 15.5 Å². The Morgan fingerprint density at radius 1 is 0.966 bits per heavy atom. The quantitative estimate of drug-likeness (QED) is 0.401. The minimum Gasteiger partial charge on any atom is -0.359 e. The van der Waals surface area contributed by atoms with Crippen molar-refractivity contribution in [3.63, 3.8) is 0 Å². The third-order valence-electron chi connectivity index (χ3n) is 4.33. The molecule has 0 bridgehead atoms. The first-order chi connectivity index (χ1) is 14.3. The minimum atomic E-state index is -0.346. The van der Waals surface area contributed by atoms with Gasteiger partial charge in [-0.05, 0) is 30.3 Å². The van der Waals surface area contributed by atoms with Crippen LogP contribution in [0.5, 0.6) is 0 Å². The molecule has 142 valence electrons. The van der Waals surface area contributed by atoms with E-state index in [9.17, 15) is 4.39 Å². The van der Waals surface area contributed by atoms with Gasteiger partial charge in [-0.3, -0.25) is 4.90 Å². The molecule has 0 spiro atoms. The number of hydrogen-bond donors (Lipinski definition) is 0. The van der Waals surface area contributed by atoms with Gasteiger partial charge in [0, 0.05) is 24.0 Å². The molecule has 2 aromatic carbocycles. The molecule has 6 nitrogen and oxygen atoms in total. The maximum Gasteiger partial charge on any atom is 0.232 e. The molecule has 0 radical (unpaired) electrons. The first-order valence-electron chi connectivity index (χ1n) is 8.88. The molecule has 0 aliphatic carbocycles.